The van der Waals surface area contributed by atoms with E-state index in [1.165, 1.54) is 5.56 Å². The number of nitrogens with zero attached hydrogens (tertiary/aromatic N) is 3. The fraction of sp³-hybridized carbons (Fsp3) is 0.200. The smallest absolute Gasteiger partial charge is 0.154 e. The third kappa shape index (κ3) is 3.30. The van der Waals surface area contributed by atoms with E-state index in [2.05, 4.69) is 26.5 Å². The Bertz CT molecular complexity index is 1370. The summed E-state index contributed by atoms with van der Waals surface area (Å²) in [6, 6.07) is 18.2. The van der Waals surface area contributed by atoms with Gasteiger partial charge in [0.05, 0.1) is 28.5 Å². The van der Waals surface area contributed by atoms with Gasteiger partial charge in [0, 0.05) is 17.3 Å². The summed E-state index contributed by atoms with van der Waals surface area (Å²) >= 11 is 0. The van der Waals surface area contributed by atoms with Gasteiger partial charge in [-0.3, -0.25) is 4.40 Å². The van der Waals surface area contributed by atoms with Crippen LogP contribution >= 0.6 is 0 Å². The number of aromatic nitrogens is 4. The van der Waals surface area contributed by atoms with Crippen LogP contribution in [0.5, 0.6) is 0 Å². The Labute approximate surface area is 180 Å². The molecule has 0 saturated carbocycles. The Hall–Kier alpha value is -3.48. The molecular formula is C25H25N5O. The Balaban J connectivity index is 1.78. The predicted molar refractivity (Wildman–Crippen MR) is 124 cm³/mol. The van der Waals surface area contributed by atoms with E-state index in [1.807, 2.05) is 54.9 Å². The Morgan fingerprint density at radius 2 is 1.81 bits per heavy atom. The Morgan fingerprint density at radius 3 is 2.55 bits per heavy atom. The van der Waals surface area contributed by atoms with Crippen molar-refractivity contribution in [1.29, 1.82) is 0 Å². The lowest BCUT2D eigenvalue weighted by atomic mass is 9.97. The average Bonchev–Trinajstić information content (AvgIpc) is 3.38. The second-order valence-electron chi connectivity index (χ2n) is 8.31. The minimum atomic E-state index is -0.889. The van der Waals surface area contributed by atoms with Gasteiger partial charge in [0.2, 0.25) is 0 Å². The third-order valence-electron chi connectivity index (χ3n) is 5.71. The quantitative estimate of drug-likeness (QED) is 0.403. The molecule has 0 spiro atoms. The van der Waals surface area contributed by atoms with Crippen LogP contribution in [-0.2, 0) is 12.0 Å². The number of benzene rings is 2. The minimum absolute atomic E-state index is 0.576. The molecule has 0 amide bonds. The van der Waals surface area contributed by atoms with E-state index in [0.717, 1.165) is 51.3 Å². The lowest BCUT2D eigenvalue weighted by Gasteiger charge is -2.17. The Kier molecular flexibility index (Phi) is 4.61. The van der Waals surface area contributed by atoms with Gasteiger partial charge in [-0.1, -0.05) is 48.5 Å². The first-order valence-electron chi connectivity index (χ1n) is 10.4. The van der Waals surface area contributed by atoms with Gasteiger partial charge in [0.25, 0.3) is 0 Å². The summed E-state index contributed by atoms with van der Waals surface area (Å²) in [7, 11) is 0. The normalized spacial score (nSPS) is 12.1. The number of aromatic amines is 1. The van der Waals surface area contributed by atoms with Gasteiger partial charge in [-0.25, -0.2) is 9.97 Å². The molecule has 5 aromatic rings. The van der Waals surface area contributed by atoms with Crippen molar-refractivity contribution in [2.75, 3.05) is 6.54 Å². The topological polar surface area (TPSA) is 92.2 Å². The van der Waals surface area contributed by atoms with Crippen molar-refractivity contribution < 1.29 is 5.11 Å². The monoisotopic (exact) mass is 411 g/mol. The van der Waals surface area contributed by atoms with E-state index in [9.17, 15) is 5.11 Å². The van der Waals surface area contributed by atoms with Crippen LogP contribution in [-0.4, -0.2) is 31.0 Å². The minimum Gasteiger partial charge on any atom is -0.386 e. The summed E-state index contributed by atoms with van der Waals surface area (Å²) in [6.45, 7) is 4.15. The van der Waals surface area contributed by atoms with E-state index < -0.39 is 5.60 Å². The SMILES string of the molecule is CC(C)(O)c1ccc(-c2nc(-c3ccccc3CCN)n3c2cnc2[nH]ccc23)cc1. The van der Waals surface area contributed by atoms with Crippen LogP contribution in [0.4, 0.5) is 0 Å². The van der Waals surface area contributed by atoms with E-state index >= 15 is 0 Å². The molecule has 0 atom stereocenters. The van der Waals surface area contributed by atoms with Gasteiger partial charge in [0.1, 0.15) is 5.82 Å². The standard InChI is InChI=1S/C25H25N5O/c1-25(2,31)18-9-7-17(8-10-18)22-21-15-28-23-20(12-14-27-23)30(21)24(29-22)19-6-4-3-5-16(19)11-13-26/h3-10,12,14-15,27,31H,11,13,26H2,1-2H3. The van der Waals surface area contributed by atoms with Crippen LogP contribution in [0.3, 0.4) is 0 Å². The molecule has 0 fully saturated rings. The lowest BCUT2D eigenvalue weighted by molar-refractivity contribution is 0.0786. The second-order valence-corrected chi connectivity index (χ2v) is 8.31. The van der Waals surface area contributed by atoms with Crippen LogP contribution in [0.15, 0.2) is 67.0 Å². The molecule has 3 aromatic heterocycles. The molecule has 156 valence electrons. The fourth-order valence-corrected chi connectivity index (χ4v) is 4.10. The number of nitrogens with one attached hydrogen (secondary N) is 1. The first kappa shape index (κ1) is 19.5. The molecule has 0 aliphatic heterocycles. The van der Waals surface area contributed by atoms with Gasteiger partial charge in [-0.15, -0.1) is 0 Å². The lowest BCUT2D eigenvalue weighted by Crippen LogP contribution is -2.14. The van der Waals surface area contributed by atoms with Crippen molar-refractivity contribution in [2.45, 2.75) is 25.9 Å². The van der Waals surface area contributed by atoms with Crippen LogP contribution in [0, 0.1) is 0 Å². The van der Waals surface area contributed by atoms with Crippen molar-refractivity contribution in [2.24, 2.45) is 5.73 Å². The molecule has 2 aromatic carbocycles. The molecule has 0 radical (unpaired) electrons. The molecular weight excluding hydrogens is 386 g/mol. The molecule has 0 bridgehead atoms. The first-order valence-corrected chi connectivity index (χ1v) is 10.4. The van der Waals surface area contributed by atoms with Crippen molar-refractivity contribution in [3.8, 4) is 22.6 Å². The van der Waals surface area contributed by atoms with Gasteiger partial charge >= 0.3 is 0 Å². The van der Waals surface area contributed by atoms with Crippen LogP contribution in [0.2, 0.25) is 0 Å². The fourth-order valence-electron chi connectivity index (χ4n) is 4.10. The first-order chi connectivity index (χ1) is 15.0. The maximum atomic E-state index is 10.3. The summed E-state index contributed by atoms with van der Waals surface area (Å²) in [6.07, 6.45) is 4.53. The largest absolute Gasteiger partial charge is 0.386 e. The molecule has 6 heteroatoms. The summed E-state index contributed by atoms with van der Waals surface area (Å²) in [5.41, 5.74) is 12.6. The molecule has 5 rings (SSSR count). The number of nitrogens with two attached hydrogens (primary N) is 1. The number of hydrogen-bond acceptors (Lipinski definition) is 4. The molecule has 3 heterocycles. The van der Waals surface area contributed by atoms with E-state index in [-0.39, 0.29) is 0 Å². The van der Waals surface area contributed by atoms with Crippen molar-refractivity contribution in [3.63, 3.8) is 0 Å². The van der Waals surface area contributed by atoms with E-state index in [1.54, 1.807) is 13.8 Å². The Morgan fingerprint density at radius 1 is 1.03 bits per heavy atom. The second kappa shape index (κ2) is 7.34. The highest BCUT2D eigenvalue weighted by atomic mass is 16.3. The predicted octanol–water partition coefficient (Wildman–Crippen LogP) is 4.27. The summed E-state index contributed by atoms with van der Waals surface area (Å²) in [5, 5.41) is 10.3. The number of aliphatic hydroxyl groups is 1. The van der Waals surface area contributed by atoms with Gasteiger partial charge in [0.15, 0.2) is 5.65 Å². The van der Waals surface area contributed by atoms with Crippen LogP contribution in [0.1, 0.15) is 25.0 Å². The molecule has 0 aliphatic carbocycles. The van der Waals surface area contributed by atoms with Crippen LogP contribution < -0.4 is 5.73 Å². The molecule has 0 unspecified atom stereocenters. The molecule has 0 saturated heterocycles. The summed E-state index contributed by atoms with van der Waals surface area (Å²) in [4.78, 5) is 12.9. The maximum Gasteiger partial charge on any atom is 0.154 e. The highest BCUT2D eigenvalue weighted by molar-refractivity contribution is 5.88. The summed E-state index contributed by atoms with van der Waals surface area (Å²) in [5.74, 6) is 0.868. The van der Waals surface area contributed by atoms with Crippen molar-refractivity contribution in [3.05, 3.63) is 78.1 Å². The average molecular weight is 412 g/mol. The number of hydrogen-bond donors (Lipinski definition) is 3. The number of rotatable bonds is 5. The van der Waals surface area contributed by atoms with Gasteiger partial charge < -0.3 is 15.8 Å². The number of H-pyrrole nitrogens is 1. The number of fused-ring (bicyclic) bond motifs is 3. The zero-order valence-corrected chi connectivity index (χ0v) is 17.6. The molecule has 6 nitrogen and oxygen atoms in total. The van der Waals surface area contributed by atoms with Gasteiger partial charge in [-0.2, -0.15) is 0 Å². The highest BCUT2D eigenvalue weighted by Crippen LogP contribution is 2.34. The summed E-state index contributed by atoms with van der Waals surface area (Å²) < 4.78 is 2.16. The third-order valence-corrected chi connectivity index (χ3v) is 5.71. The van der Waals surface area contributed by atoms with Crippen molar-refractivity contribution in [1.82, 2.24) is 19.4 Å². The van der Waals surface area contributed by atoms with Gasteiger partial charge in [-0.05, 0) is 44.0 Å². The number of imidazole rings is 1. The highest BCUT2D eigenvalue weighted by Gasteiger charge is 2.20. The maximum absolute atomic E-state index is 10.3. The molecule has 31 heavy (non-hydrogen) atoms. The molecule has 0 aliphatic rings. The van der Waals surface area contributed by atoms with E-state index in [4.69, 9.17) is 10.7 Å². The zero-order valence-electron chi connectivity index (χ0n) is 17.6. The molecule has 4 N–H and O–H groups in total. The van der Waals surface area contributed by atoms with E-state index in [0.29, 0.717) is 6.54 Å². The van der Waals surface area contributed by atoms with Crippen molar-refractivity contribution >= 4 is 16.7 Å². The van der Waals surface area contributed by atoms with Crippen LogP contribution in [0.25, 0.3) is 39.3 Å². The zero-order chi connectivity index (χ0) is 21.6.